The highest BCUT2D eigenvalue weighted by atomic mass is 15.3. The van der Waals surface area contributed by atoms with Gasteiger partial charge in [0.2, 0.25) is 5.71 Å². The van der Waals surface area contributed by atoms with Crippen molar-refractivity contribution in [2.24, 2.45) is 10.8 Å². The average Bonchev–Trinajstić information content (AvgIpc) is 2.57. The zero-order valence-electron chi connectivity index (χ0n) is 12.7. The van der Waals surface area contributed by atoms with E-state index in [4.69, 9.17) is 16.4 Å². The molecule has 0 aromatic heterocycles. The fourth-order valence-corrected chi connectivity index (χ4v) is 2.03. The van der Waals surface area contributed by atoms with Crippen LogP contribution in [0.25, 0.3) is 0 Å². The SMILES string of the molecule is CC(Nc1ccccc1N/N=C(\C#N)C(=N)N)c1ccccc1. The summed E-state index contributed by atoms with van der Waals surface area (Å²) in [6.45, 7) is 2.06. The van der Waals surface area contributed by atoms with Crippen molar-refractivity contribution >= 4 is 22.9 Å². The molecule has 0 aliphatic heterocycles. The summed E-state index contributed by atoms with van der Waals surface area (Å²) in [4.78, 5) is 0. The Morgan fingerprint density at radius 1 is 1.13 bits per heavy atom. The highest BCUT2D eigenvalue weighted by molar-refractivity contribution is 6.45. The van der Waals surface area contributed by atoms with Crippen LogP contribution < -0.4 is 16.5 Å². The number of hydrogen-bond acceptors (Lipinski definition) is 5. The number of nitrogens with zero attached hydrogens (tertiary/aromatic N) is 2. The molecule has 0 fully saturated rings. The van der Waals surface area contributed by atoms with E-state index in [0.717, 1.165) is 11.3 Å². The fraction of sp³-hybridized carbons (Fsp3) is 0.118. The first-order valence-corrected chi connectivity index (χ1v) is 7.10. The summed E-state index contributed by atoms with van der Waals surface area (Å²) < 4.78 is 0. The molecule has 2 rings (SSSR count). The lowest BCUT2D eigenvalue weighted by Gasteiger charge is -2.18. The van der Waals surface area contributed by atoms with Gasteiger partial charge in [0.05, 0.1) is 11.4 Å². The molecular formula is C17H18N6. The Bertz CT molecular complexity index is 745. The standard InChI is InChI=1S/C17H18N6/c1-12(13-7-3-2-4-8-13)21-14-9-5-6-10-15(14)22-23-16(11-18)17(19)20/h2-10,12,21-22H,1H3,(H3,19,20)/b23-16+. The Kier molecular flexibility index (Phi) is 5.31. The number of nitrogens with two attached hydrogens (primary N) is 1. The van der Waals surface area contributed by atoms with Gasteiger partial charge in [-0.05, 0) is 24.6 Å². The van der Waals surface area contributed by atoms with E-state index in [1.807, 2.05) is 42.5 Å². The number of para-hydroxylation sites is 2. The van der Waals surface area contributed by atoms with Gasteiger partial charge in [-0.15, -0.1) is 0 Å². The molecular weight excluding hydrogens is 288 g/mol. The second-order valence-corrected chi connectivity index (χ2v) is 4.92. The van der Waals surface area contributed by atoms with Crippen molar-refractivity contribution < 1.29 is 0 Å². The number of hydrazone groups is 1. The minimum Gasteiger partial charge on any atom is -0.382 e. The maximum absolute atomic E-state index is 8.88. The summed E-state index contributed by atoms with van der Waals surface area (Å²) in [5.41, 5.74) is 10.6. The summed E-state index contributed by atoms with van der Waals surface area (Å²) >= 11 is 0. The van der Waals surface area contributed by atoms with Crippen molar-refractivity contribution in [2.45, 2.75) is 13.0 Å². The molecule has 1 atom stereocenters. The highest BCUT2D eigenvalue weighted by Gasteiger charge is 2.08. The van der Waals surface area contributed by atoms with Crippen LogP contribution in [-0.2, 0) is 0 Å². The lowest BCUT2D eigenvalue weighted by Crippen LogP contribution is -2.22. The van der Waals surface area contributed by atoms with Gasteiger partial charge in [-0.3, -0.25) is 10.8 Å². The monoisotopic (exact) mass is 306 g/mol. The normalized spacial score (nSPS) is 12.1. The number of benzene rings is 2. The lowest BCUT2D eigenvalue weighted by atomic mass is 10.1. The molecule has 6 nitrogen and oxygen atoms in total. The van der Waals surface area contributed by atoms with Crippen molar-refractivity contribution in [2.75, 3.05) is 10.7 Å². The Balaban J connectivity index is 2.18. The van der Waals surface area contributed by atoms with Crippen LogP contribution in [0.15, 0.2) is 59.7 Å². The van der Waals surface area contributed by atoms with Crippen LogP contribution in [0.5, 0.6) is 0 Å². The van der Waals surface area contributed by atoms with Gasteiger partial charge in [-0.1, -0.05) is 42.5 Å². The Morgan fingerprint density at radius 2 is 1.74 bits per heavy atom. The lowest BCUT2D eigenvalue weighted by molar-refractivity contribution is 0.885. The molecule has 0 aliphatic rings. The topological polar surface area (TPSA) is 110 Å². The largest absolute Gasteiger partial charge is 0.382 e. The summed E-state index contributed by atoms with van der Waals surface area (Å²) in [7, 11) is 0. The van der Waals surface area contributed by atoms with Crippen LogP contribution in [0.3, 0.4) is 0 Å². The second kappa shape index (κ2) is 7.61. The molecule has 0 saturated heterocycles. The van der Waals surface area contributed by atoms with Crippen molar-refractivity contribution in [3.8, 4) is 6.07 Å². The van der Waals surface area contributed by atoms with Gasteiger partial charge in [0.15, 0.2) is 5.84 Å². The fourth-order valence-electron chi connectivity index (χ4n) is 2.03. The summed E-state index contributed by atoms with van der Waals surface area (Å²) in [5.74, 6) is -0.372. The molecule has 116 valence electrons. The third-order valence-corrected chi connectivity index (χ3v) is 3.25. The number of nitrogens with one attached hydrogen (secondary N) is 3. The molecule has 0 spiro atoms. The summed E-state index contributed by atoms with van der Waals surface area (Å²) in [5, 5.41) is 23.4. The summed E-state index contributed by atoms with van der Waals surface area (Å²) in [6, 6.07) is 19.5. The predicted octanol–water partition coefficient (Wildman–Crippen LogP) is 3.09. The van der Waals surface area contributed by atoms with E-state index in [0.29, 0.717) is 5.69 Å². The zero-order chi connectivity index (χ0) is 16.7. The Morgan fingerprint density at radius 3 is 2.35 bits per heavy atom. The van der Waals surface area contributed by atoms with Crippen LogP contribution in [0, 0.1) is 16.7 Å². The molecule has 0 saturated carbocycles. The van der Waals surface area contributed by atoms with Crippen molar-refractivity contribution in [1.82, 2.24) is 0 Å². The smallest absolute Gasteiger partial charge is 0.201 e. The van der Waals surface area contributed by atoms with Gasteiger partial charge in [-0.2, -0.15) is 10.4 Å². The van der Waals surface area contributed by atoms with Crippen LogP contribution in [0.1, 0.15) is 18.5 Å². The summed E-state index contributed by atoms with van der Waals surface area (Å²) in [6.07, 6.45) is 0. The third-order valence-electron chi connectivity index (χ3n) is 3.25. The van der Waals surface area contributed by atoms with Crippen LogP contribution >= 0.6 is 0 Å². The van der Waals surface area contributed by atoms with Crippen molar-refractivity contribution in [1.29, 1.82) is 10.7 Å². The minimum atomic E-state index is -0.372. The predicted molar refractivity (Wildman–Crippen MR) is 93.5 cm³/mol. The average molecular weight is 306 g/mol. The number of amidine groups is 1. The molecule has 0 aliphatic carbocycles. The quantitative estimate of drug-likeness (QED) is 0.373. The van der Waals surface area contributed by atoms with Gasteiger partial charge in [0.25, 0.3) is 0 Å². The first-order valence-electron chi connectivity index (χ1n) is 7.10. The van der Waals surface area contributed by atoms with E-state index in [9.17, 15) is 0 Å². The van der Waals surface area contributed by atoms with Gasteiger partial charge in [0, 0.05) is 6.04 Å². The van der Waals surface area contributed by atoms with Gasteiger partial charge in [-0.25, -0.2) is 0 Å². The van der Waals surface area contributed by atoms with Crippen molar-refractivity contribution in [3.05, 3.63) is 60.2 Å². The molecule has 0 radical (unpaired) electrons. The first-order chi connectivity index (χ1) is 11.1. The number of hydrogen-bond donors (Lipinski definition) is 4. The van der Waals surface area contributed by atoms with Crippen molar-refractivity contribution in [3.63, 3.8) is 0 Å². The molecule has 0 amide bonds. The van der Waals surface area contributed by atoms with E-state index in [1.54, 1.807) is 6.07 Å². The molecule has 0 heterocycles. The Labute approximate surface area is 135 Å². The van der Waals surface area contributed by atoms with Gasteiger partial charge < -0.3 is 11.1 Å². The van der Waals surface area contributed by atoms with Crippen LogP contribution in [0.2, 0.25) is 0 Å². The highest BCUT2D eigenvalue weighted by Crippen LogP contribution is 2.26. The number of anilines is 2. The van der Waals surface area contributed by atoms with E-state index < -0.39 is 0 Å². The van der Waals surface area contributed by atoms with Gasteiger partial charge in [0.1, 0.15) is 6.07 Å². The van der Waals surface area contributed by atoms with E-state index >= 15 is 0 Å². The second-order valence-electron chi connectivity index (χ2n) is 4.92. The molecule has 2 aromatic carbocycles. The van der Waals surface area contributed by atoms with E-state index in [2.05, 4.69) is 34.9 Å². The van der Waals surface area contributed by atoms with Crippen LogP contribution in [-0.4, -0.2) is 11.5 Å². The molecule has 1 unspecified atom stereocenters. The third kappa shape index (κ3) is 4.32. The molecule has 5 N–H and O–H groups in total. The molecule has 6 heteroatoms. The Hall–Kier alpha value is -3.33. The molecule has 23 heavy (non-hydrogen) atoms. The molecule has 2 aromatic rings. The number of nitriles is 1. The van der Waals surface area contributed by atoms with E-state index in [1.165, 1.54) is 0 Å². The zero-order valence-corrected chi connectivity index (χ0v) is 12.7. The maximum atomic E-state index is 8.88. The van der Waals surface area contributed by atoms with Gasteiger partial charge >= 0.3 is 0 Å². The van der Waals surface area contributed by atoms with Crippen LogP contribution in [0.4, 0.5) is 11.4 Å². The minimum absolute atomic E-state index is 0.103. The van der Waals surface area contributed by atoms with E-state index in [-0.39, 0.29) is 17.6 Å². The number of rotatable bonds is 6. The maximum Gasteiger partial charge on any atom is 0.201 e. The first kappa shape index (κ1) is 16.0. The molecule has 0 bridgehead atoms.